The van der Waals surface area contributed by atoms with E-state index in [9.17, 15) is 0 Å². The molecule has 0 aliphatic carbocycles. The molecule has 6 heteroatoms. The van der Waals surface area contributed by atoms with Gasteiger partial charge in [0.25, 0.3) is 0 Å². The van der Waals surface area contributed by atoms with Gasteiger partial charge >= 0.3 is 0 Å². The zero-order valence-electron chi connectivity index (χ0n) is 9.87. The molecule has 5 nitrogen and oxygen atoms in total. The SMILES string of the molecule is CC(C)n1c(N)nnc1SCc1cccnc1. The number of hydrogen-bond acceptors (Lipinski definition) is 5. The number of pyridine rings is 1. The fourth-order valence-electron chi connectivity index (χ4n) is 1.50. The Kier molecular flexibility index (Phi) is 3.63. The smallest absolute Gasteiger partial charge is 0.222 e. The molecule has 0 aliphatic heterocycles. The number of nitrogen functional groups attached to an aromatic ring is 1. The molecule has 0 atom stereocenters. The molecular weight excluding hydrogens is 234 g/mol. The van der Waals surface area contributed by atoms with Crippen LogP contribution < -0.4 is 5.73 Å². The first-order valence-electron chi connectivity index (χ1n) is 5.40. The molecule has 2 N–H and O–H groups in total. The second-order valence-electron chi connectivity index (χ2n) is 3.95. The summed E-state index contributed by atoms with van der Waals surface area (Å²) in [7, 11) is 0. The summed E-state index contributed by atoms with van der Waals surface area (Å²) in [6.45, 7) is 4.13. The van der Waals surface area contributed by atoms with Crippen LogP contribution in [-0.4, -0.2) is 19.7 Å². The van der Waals surface area contributed by atoms with E-state index in [1.54, 1.807) is 18.0 Å². The number of nitrogens with zero attached hydrogens (tertiary/aromatic N) is 4. The lowest BCUT2D eigenvalue weighted by molar-refractivity contribution is 0.557. The number of nitrogens with two attached hydrogens (primary N) is 1. The van der Waals surface area contributed by atoms with Gasteiger partial charge in [-0.1, -0.05) is 17.8 Å². The maximum Gasteiger partial charge on any atom is 0.222 e. The van der Waals surface area contributed by atoms with Crippen molar-refractivity contribution >= 4 is 17.7 Å². The number of anilines is 1. The predicted octanol–water partition coefficient (Wildman–Crippen LogP) is 2.13. The van der Waals surface area contributed by atoms with Crippen molar-refractivity contribution in [3.8, 4) is 0 Å². The highest BCUT2D eigenvalue weighted by molar-refractivity contribution is 7.98. The Morgan fingerprint density at radius 2 is 2.24 bits per heavy atom. The minimum atomic E-state index is 0.265. The third-order valence-corrected chi connectivity index (χ3v) is 3.31. The van der Waals surface area contributed by atoms with Gasteiger partial charge in [-0.15, -0.1) is 10.2 Å². The van der Waals surface area contributed by atoms with E-state index in [2.05, 4.69) is 29.0 Å². The van der Waals surface area contributed by atoms with Crippen molar-refractivity contribution in [2.75, 3.05) is 5.73 Å². The molecular formula is C11H15N5S. The second-order valence-corrected chi connectivity index (χ2v) is 4.90. The normalized spacial score (nSPS) is 11.0. The fourth-order valence-corrected chi connectivity index (χ4v) is 2.51. The van der Waals surface area contributed by atoms with Crippen LogP contribution in [-0.2, 0) is 5.75 Å². The lowest BCUT2D eigenvalue weighted by Crippen LogP contribution is -2.07. The van der Waals surface area contributed by atoms with Gasteiger partial charge in [-0.2, -0.15) is 0 Å². The van der Waals surface area contributed by atoms with Gasteiger partial charge in [0.15, 0.2) is 5.16 Å². The van der Waals surface area contributed by atoms with Crippen molar-refractivity contribution in [1.82, 2.24) is 19.7 Å². The standard InChI is InChI=1S/C11H15N5S/c1-8(2)16-10(12)14-15-11(16)17-7-9-4-3-5-13-6-9/h3-6,8H,7H2,1-2H3,(H2,12,14). The fraction of sp³-hybridized carbons (Fsp3) is 0.364. The molecule has 0 fully saturated rings. The van der Waals surface area contributed by atoms with Gasteiger partial charge in [-0.05, 0) is 25.5 Å². The van der Waals surface area contributed by atoms with Crippen molar-refractivity contribution in [2.24, 2.45) is 0 Å². The first kappa shape index (κ1) is 11.9. The molecule has 90 valence electrons. The van der Waals surface area contributed by atoms with Gasteiger partial charge < -0.3 is 5.73 Å². The van der Waals surface area contributed by atoms with E-state index in [1.807, 2.05) is 22.9 Å². The largest absolute Gasteiger partial charge is 0.368 e. The molecule has 0 unspecified atom stereocenters. The summed E-state index contributed by atoms with van der Waals surface area (Å²) in [6.07, 6.45) is 3.62. The number of hydrogen-bond donors (Lipinski definition) is 1. The van der Waals surface area contributed by atoms with Gasteiger partial charge in [0.1, 0.15) is 0 Å². The Balaban J connectivity index is 2.09. The predicted molar refractivity (Wildman–Crippen MR) is 68.6 cm³/mol. The van der Waals surface area contributed by atoms with E-state index >= 15 is 0 Å². The van der Waals surface area contributed by atoms with Crippen LogP contribution in [0.2, 0.25) is 0 Å². The van der Waals surface area contributed by atoms with E-state index in [0.717, 1.165) is 16.5 Å². The van der Waals surface area contributed by atoms with Gasteiger partial charge in [0.05, 0.1) is 0 Å². The quantitative estimate of drug-likeness (QED) is 0.841. The molecule has 0 spiro atoms. The first-order chi connectivity index (χ1) is 8.18. The Hall–Kier alpha value is -1.56. The maximum absolute atomic E-state index is 5.77. The average Bonchev–Trinajstić information content (AvgIpc) is 2.69. The van der Waals surface area contributed by atoms with Crippen molar-refractivity contribution in [3.05, 3.63) is 30.1 Å². The van der Waals surface area contributed by atoms with Crippen LogP contribution in [0.5, 0.6) is 0 Å². The molecule has 0 aliphatic rings. The minimum Gasteiger partial charge on any atom is -0.368 e. The maximum atomic E-state index is 5.77. The lowest BCUT2D eigenvalue weighted by atomic mass is 10.3. The summed E-state index contributed by atoms with van der Waals surface area (Å²) in [4.78, 5) is 4.08. The van der Waals surface area contributed by atoms with Crippen LogP contribution in [0.25, 0.3) is 0 Å². The van der Waals surface area contributed by atoms with Crippen LogP contribution in [0.15, 0.2) is 29.7 Å². The van der Waals surface area contributed by atoms with Crippen LogP contribution >= 0.6 is 11.8 Å². The van der Waals surface area contributed by atoms with E-state index in [-0.39, 0.29) is 6.04 Å². The molecule has 2 aromatic heterocycles. The highest BCUT2D eigenvalue weighted by Crippen LogP contribution is 2.25. The third-order valence-electron chi connectivity index (χ3n) is 2.30. The van der Waals surface area contributed by atoms with Gasteiger partial charge in [0, 0.05) is 24.2 Å². The van der Waals surface area contributed by atoms with Gasteiger partial charge in [-0.25, -0.2) is 0 Å². The molecule has 2 aromatic rings. The molecule has 2 heterocycles. The lowest BCUT2D eigenvalue weighted by Gasteiger charge is -2.10. The summed E-state index contributed by atoms with van der Waals surface area (Å²) in [5.41, 5.74) is 6.94. The third kappa shape index (κ3) is 2.76. The van der Waals surface area contributed by atoms with Crippen molar-refractivity contribution in [1.29, 1.82) is 0 Å². The molecule has 2 rings (SSSR count). The summed E-state index contributed by atoms with van der Waals surface area (Å²) >= 11 is 1.62. The van der Waals surface area contributed by atoms with E-state index in [4.69, 9.17) is 5.73 Å². The van der Waals surface area contributed by atoms with Crippen LogP contribution in [0.1, 0.15) is 25.5 Å². The van der Waals surface area contributed by atoms with Crippen LogP contribution in [0.3, 0.4) is 0 Å². The highest BCUT2D eigenvalue weighted by Gasteiger charge is 2.12. The van der Waals surface area contributed by atoms with Crippen molar-refractivity contribution < 1.29 is 0 Å². The molecule has 0 bridgehead atoms. The number of rotatable bonds is 4. The Bertz CT molecular complexity index is 480. The van der Waals surface area contributed by atoms with Gasteiger partial charge in [-0.3, -0.25) is 9.55 Å². The monoisotopic (exact) mass is 249 g/mol. The van der Waals surface area contributed by atoms with Crippen molar-refractivity contribution in [2.45, 2.75) is 30.8 Å². The Labute approximate surface area is 104 Å². The summed E-state index contributed by atoms with van der Waals surface area (Å²) < 4.78 is 1.93. The zero-order valence-corrected chi connectivity index (χ0v) is 10.7. The molecule has 0 aromatic carbocycles. The van der Waals surface area contributed by atoms with E-state index in [1.165, 1.54) is 0 Å². The second kappa shape index (κ2) is 5.18. The summed E-state index contributed by atoms with van der Waals surface area (Å²) in [6, 6.07) is 4.23. The number of aromatic nitrogens is 4. The molecule has 0 saturated carbocycles. The Morgan fingerprint density at radius 3 is 2.88 bits per heavy atom. The molecule has 0 saturated heterocycles. The number of thioether (sulfide) groups is 1. The summed E-state index contributed by atoms with van der Waals surface area (Å²) in [5, 5.41) is 8.84. The topological polar surface area (TPSA) is 69.6 Å². The van der Waals surface area contributed by atoms with Crippen molar-refractivity contribution in [3.63, 3.8) is 0 Å². The van der Waals surface area contributed by atoms with Gasteiger partial charge in [0.2, 0.25) is 5.95 Å². The summed E-state index contributed by atoms with van der Waals surface area (Å²) in [5.74, 6) is 1.28. The van der Waals surface area contributed by atoms with Crippen LogP contribution in [0.4, 0.5) is 5.95 Å². The van der Waals surface area contributed by atoms with E-state index < -0.39 is 0 Å². The molecule has 17 heavy (non-hydrogen) atoms. The Morgan fingerprint density at radius 1 is 1.41 bits per heavy atom. The molecule has 0 amide bonds. The highest BCUT2D eigenvalue weighted by atomic mass is 32.2. The molecule has 0 radical (unpaired) electrons. The average molecular weight is 249 g/mol. The first-order valence-corrected chi connectivity index (χ1v) is 6.39. The zero-order chi connectivity index (χ0) is 12.3. The minimum absolute atomic E-state index is 0.265. The van der Waals surface area contributed by atoms with Crippen LogP contribution in [0, 0.1) is 0 Å². The van der Waals surface area contributed by atoms with E-state index in [0.29, 0.717) is 5.95 Å².